The summed E-state index contributed by atoms with van der Waals surface area (Å²) < 4.78 is 15.9. The van der Waals surface area contributed by atoms with E-state index in [1.807, 2.05) is 18.3 Å². The van der Waals surface area contributed by atoms with Gasteiger partial charge in [-0.1, -0.05) is 12.1 Å². The van der Waals surface area contributed by atoms with Crippen molar-refractivity contribution < 1.29 is 4.39 Å². The molecule has 0 aliphatic carbocycles. The lowest BCUT2D eigenvalue weighted by Crippen LogP contribution is -2.35. The number of pyridine rings is 1. The Labute approximate surface area is 153 Å². The Morgan fingerprint density at radius 2 is 2.12 bits per heavy atom. The summed E-state index contributed by atoms with van der Waals surface area (Å²) in [5.41, 5.74) is 6.00. The Morgan fingerprint density at radius 3 is 2.88 bits per heavy atom. The molecule has 0 radical (unpaired) electrons. The Balaban J connectivity index is 1.88. The van der Waals surface area contributed by atoms with Crippen LogP contribution >= 0.6 is 0 Å². The van der Waals surface area contributed by atoms with Gasteiger partial charge >= 0.3 is 0 Å². The maximum absolute atomic E-state index is 13.6. The van der Waals surface area contributed by atoms with E-state index in [0.717, 1.165) is 30.9 Å². The Bertz CT molecular complexity index is 1000. The van der Waals surface area contributed by atoms with E-state index in [4.69, 9.17) is 4.98 Å². The molecule has 4 rings (SSSR count). The van der Waals surface area contributed by atoms with Gasteiger partial charge in [0, 0.05) is 30.4 Å². The number of benzene rings is 1. The van der Waals surface area contributed by atoms with Gasteiger partial charge in [-0.05, 0) is 62.1 Å². The van der Waals surface area contributed by atoms with Gasteiger partial charge in [-0.25, -0.2) is 9.37 Å². The van der Waals surface area contributed by atoms with Crippen LogP contribution in [-0.2, 0) is 13.0 Å². The van der Waals surface area contributed by atoms with Crippen LogP contribution in [-0.4, -0.2) is 16.1 Å². The number of fused-ring (bicyclic) bond motifs is 2. The molecule has 0 amide bonds. The van der Waals surface area contributed by atoms with Crippen molar-refractivity contribution in [3.63, 3.8) is 0 Å². The summed E-state index contributed by atoms with van der Waals surface area (Å²) in [6.07, 6.45) is 4.66. The zero-order valence-electron chi connectivity index (χ0n) is 15.6. The van der Waals surface area contributed by atoms with Crippen molar-refractivity contribution in [3.8, 4) is 0 Å². The molecule has 0 spiro atoms. The highest BCUT2D eigenvalue weighted by Crippen LogP contribution is 2.38. The smallest absolute Gasteiger partial charge is 0.153 e. The molecule has 0 N–H and O–H groups in total. The van der Waals surface area contributed by atoms with Gasteiger partial charge in [0.15, 0.2) is 5.82 Å². The number of aryl methyl sites for hydroxylation is 1. The minimum Gasteiger partial charge on any atom is -0.348 e. The standard InChI is InChI=1S/C22H24FN3/c1-5-11-25-15(3)14(2)19-8-10-24-22(21(19)25)26-12-9-17-13-18(23)6-7-20(17)16(26)4/h5-8,10,13,16H,1,9,11-12H2,2-4H3. The highest BCUT2D eigenvalue weighted by molar-refractivity contribution is 5.93. The molecule has 134 valence electrons. The van der Waals surface area contributed by atoms with Crippen LogP contribution in [0.25, 0.3) is 10.9 Å². The molecular formula is C22H24FN3. The van der Waals surface area contributed by atoms with Crippen LogP contribution in [0.1, 0.15) is 35.3 Å². The molecular weight excluding hydrogens is 325 g/mol. The summed E-state index contributed by atoms with van der Waals surface area (Å²) in [5, 5.41) is 1.24. The van der Waals surface area contributed by atoms with E-state index >= 15 is 0 Å². The molecule has 3 nitrogen and oxygen atoms in total. The van der Waals surface area contributed by atoms with Crippen LogP contribution < -0.4 is 4.90 Å². The van der Waals surface area contributed by atoms with Crippen LogP contribution in [0.4, 0.5) is 10.2 Å². The first-order chi connectivity index (χ1) is 12.5. The van der Waals surface area contributed by atoms with Gasteiger partial charge in [0.2, 0.25) is 0 Å². The third-order valence-corrected chi connectivity index (χ3v) is 5.75. The minimum absolute atomic E-state index is 0.157. The molecule has 3 heterocycles. The quantitative estimate of drug-likeness (QED) is 0.613. The number of anilines is 1. The van der Waals surface area contributed by atoms with E-state index in [2.05, 4.69) is 42.9 Å². The van der Waals surface area contributed by atoms with Gasteiger partial charge in [0.05, 0.1) is 11.6 Å². The van der Waals surface area contributed by atoms with Gasteiger partial charge < -0.3 is 9.47 Å². The SMILES string of the molecule is C=CCn1c(C)c(C)c2ccnc(N3CCc4cc(F)ccc4C3C)c21. The van der Waals surface area contributed by atoms with Crippen molar-refractivity contribution in [1.29, 1.82) is 0 Å². The topological polar surface area (TPSA) is 21.1 Å². The Kier molecular flexibility index (Phi) is 4.06. The fourth-order valence-electron chi connectivity index (χ4n) is 4.23. The fraction of sp³-hybridized carbons (Fsp3) is 0.318. The second kappa shape index (κ2) is 6.27. The summed E-state index contributed by atoms with van der Waals surface area (Å²) in [7, 11) is 0. The summed E-state index contributed by atoms with van der Waals surface area (Å²) >= 11 is 0. The second-order valence-corrected chi connectivity index (χ2v) is 7.10. The van der Waals surface area contributed by atoms with Crippen molar-refractivity contribution in [1.82, 2.24) is 9.55 Å². The number of aromatic nitrogens is 2. The number of halogens is 1. The first-order valence-corrected chi connectivity index (χ1v) is 9.13. The Hall–Kier alpha value is -2.62. The van der Waals surface area contributed by atoms with E-state index in [9.17, 15) is 4.39 Å². The molecule has 0 saturated heterocycles. The van der Waals surface area contributed by atoms with Gasteiger partial charge in [-0.15, -0.1) is 6.58 Å². The predicted octanol–water partition coefficient (Wildman–Crippen LogP) is 5.10. The van der Waals surface area contributed by atoms with Crippen molar-refractivity contribution in [2.24, 2.45) is 0 Å². The maximum Gasteiger partial charge on any atom is 0.153 e. The van der Waals surface area contributed by atoms with E-state index in [0.29, 0.717) is 0 Å². The first kappa shape index (κ1) is 16.8. The van der Waals surface area contributed by atoms with Crippen molar-refractivity contribution in [2.75, 3.05) is 11.4 Å². The van der Waals surface area contributed by atoms with E-state index in [1.54, 1.807) is 12.1 Å². The van der Waals surface area contributed by atoms with Gasteiger partial charge in [-0.3, -0.25) is 0 Å². The van der Waals surface area contributed by atoms with Crippen molar-refractivity contribution in [3.05, 3.63) is 71.3 Å². The van der Waals surface area contributed by atoms with E-state index < -0.39 is 0 Å². The van der Waals surface area contributed by atoms with Crippen molar-refractivity contribution in [2.45, 2.75) is 39.8 Å². The summed E-state index contributed by atoms with van der Waals surface area (Å²) in [6, 6.07) is 7.40. The molecule has 1 atom stereocenters. The molecule has 1 aliphatic rings. The van der Waals surface area contributed by atoms with E-state index in [-0.39, 0.29) is 11.9 Å². The van der Waals surface area contributed by atoms with Gasteiger partial charge in [-0.2, -0.15) is 0 Å². The molecule has 4 heteroatoms. The number of rotatable bonds is 3. The van der Waals surface area contributed by atoms with Gasteiger partial charge in [0.1, 0.15) is 5.82 Å². The zero-order valence-corrected chi connectivity index (χ0v) is 15.6. The van der Waals surface area contributed by atoms with Crippen LogP contribution in [0.5, 0.6) is 0 Å². The average molecular weight is 349 g/mol. The van der Waals surface area contributed by atoms with E-state index in [1.165, 1.54) is 27.7 Å². The molecule has 3 aromatic rings. The normalized spacial score (nSPS) is 16.8. The Morgan fingerprint density at radius 1 is 1.31 bits per heavy atom. The molecule has 1 unspecified atom stereocenters. The average Bonchev–Trinajstić information content (AvgIpc) is 2.88. The van der Waals surface area contributed by atoms with Crippen LogP contribution in [0.15, 0.2) is 43.1 Å². The summed E-state index contributed by atoms with van der Waals surface area (Å²) in [6.45, 7) is 12.0. The maximum atomic E-state index is 13.6. The molecule has 1 aromatic carbocycles. The lowest BCUT2D eigenvalue weighted by molar-refractivity contribution is 0.594. The molecule has 0 bridgehead atoms. The molecule has 1 aliphatic heterocycles. The monoisotopic (exact) mass is 349 g/mol. The number of hydrogen-bond donors (Lipinski definition) is 0. The largest absolute Gasteiger partial charge is 0.348 e. The van der Waals surface area contributed by atoms with Crippen LogP contribution in [0, 0.1) is 19.7 Å². The van der Waals surface area contributed by atoms with Crippen molar-refractivity contribution >= 4 is 16.7 Å². The first-order valence-electron chi connectivity index (χ1n) is 9.13. The third-order valence-electron chi connectivity index (χ3n) is 5.75. The molecule has 2 aromatic heterocycles. The fourth-order valence-corrected chi connectivity index (χ4v) is 4.23. The lowest BCUT2D eigenvalue weighted by atomic mass is 9.93. The molecule has 26 heavy (non-hydrogen) atoms. The third kappa shape index (κ3) is 2.44. The van der Waals surface area contributed by atoms with Crippen LogP contribution in [0.3, 0.4) is 0 Å². The zero-order chi connectivity index (χ0) is 18.4. The highest BCUT2D eigenvalue weighted by Gasteiger charge is 2.28. The second-order valence-electron chi connectivity index (χ2n) is 7.10. The minimum atomic E-state index is -0.157. The number of nitrogens with zero attached hydrogens (tertiary/aromatic N) is 3. The van der Waals surface area contributed by atoms with Gasteiger partial charge in [0.25, 0.3) is 0 Å². The highest BCUT2D eigenvalue weighted by atomic mass is 19.1. The lowest BCUT2D eigenvalue weighted by Gasteiger charge is -2.36. The number of hydrogen-bond acceptors (Lipinski definition) is 2. The number of allylic oxidation sites excluding steroid dienone is 1. The molecule has 0 fully saturated rings. The molecule has 0 saturated carbocycles. The van der Waals surface area contributed by atoms with Crippen LogP contribution in [0.2, 0.25) is 0 Å². The predicted molar refractivity (Wildman–Crippen MR) is 105 cm³/mol. The summed E-state index contributed by atoms with van der Waals surface area (Å²) in [4.78, 5) is 7.11. The summed E-state index contributed by atoms with van der Waals surface area (Å²) in [5.74, 6) is 0.846.